The van der Waals surface area contributed by atoms with Crippen molar-refractivity contribution < 1.29 is 9.53 Å². The van der Waals surface area contributed by atoms with Crippen LogP contribution in [0.25, 0.3) is 10.6 Å². The molecule has 28 heavy (non-hydrogen) atoms. The molecule has 6 nitrogen and oxygen atoms in total. The summed E-state index contributed by atoms with van der Waals surface area (Å²) in [6.07, 6.45) is 4.47. The number of primary amides is 1. The molecule has 2 aromatic rings. The van der Waals surface area contributed by atoms with Crippen LogP contribution in [0.15, 0.2) is 24.3 Å². The van der Waals surface area contributed by atoms with Crippen LogP contribution >= 0.6 is 11.3 Å². The molecule has 2 aliphatic rings. The third-order valence-corrected chi connectivity index (χ3v) is 6.82. The third kappa shape index (κ3) is 4.31. The van der Waals surface area contributed by atoms with E-state index in [1.54, 1.807) is 16.2 Å². The fraction of sp³-hybridized carbons (Fsp3) is 0.524. The highest BCUT2D eigenvalue weighted by molar-refractivity contribution is 7.15. The van der Waals surface area contributed by atoms with E-state index in [1.165, 1.54) is 19.4 Å². The Balaban J connectivity index is 1.31. The van der Waals surface area contributed by atoms with Crippen LogP contribution in [0.3, 0.4) is 0 Å². The van der Waals surface area contributed by atoms with Crippen molar-refractivity contribution in [2.24, 2.45) is 5.73 Å². The van der Waals surface area contributed by atoms with E-state index in [9.17, 15) is 4.79 Å². The number of ether oxygens (including phenoxy) is 1. The molecule has 1 aromatic carbocycles. The average molecular weight is 401 g/mol. The normalized spacial score (nSPS) is 19.6. The van der Waals surface area contributed by atoms with Gasteiger partial charge in [-0.05, 0) is 57.0 Å². The van der Waals surface area contributed by atoms with Crippen LogP contribution in [0.1, 0.15) is 36.8 Å². The standard InChI is InChI=1S/C21H28N4O2S/c1-15-4-2-10-24(15)11-3-13-27-17-7-5-16(6-8-17)20-23-18-9-12-25(21(22)26)14-19(18)28-20/h5-8,15H,2-4,9-14H2,1H3,(H2,22,26). The van der Waals surface area contributed by atoms with E-state index in [-0.39, 0.29) is 6.03 Å². The molecule has 2 N–H and O–H groups in total. The Labute approximate surface area is 170 Å². The second kappa shape index (κ2) is 8.49. The molecule has 0 saturated carbocycles. The predicted molar refractivity (Wildman–Crippen MR) is 112 cm³/mol. The van der Waals surface area contributed by atoms with Crippen molar-refractivity contribution in [2.75, 3.05) is 26.2 Å². The number of hydrogen-bond donors (Lipinski definition) is 1. The smallest absolute Gasteiger partial charge is 0.315 e. The van der Waals surface area contributed by atoms with Gasteiger partial charge in [-0.15, -0.1) is 11.3 Å². The molecule has 1 aromatic heterocycles. The topological polar surface area (TPSA) is 71.7 Å². The van der Waals surface area contributed by atoms with E-state index in [2.05, 4.69) is 24.0 Å². The molecule has 2 aliphatic heterocycles. The number of carbonyl (C=O) groups excluding carboxylic acids is 1. The zero-order valence-electron chi connectivity index (χ0n) is 16.4. The minimum absolute atomic E-state index is 0.360. The fourth-order valence-electron chi connectivity index (χ4n) is 3.98. The number of thiazole rings is 1. The average Bonchev–Trinajstić information content (AvgIpc) is 3.31. The Hall–Kier alpha value is -2.12. The van der Waals surface area contributed by atoms with E-state index < -0.39 is 0 Å². The van der Waals surface area contributed by atoms with Crippen molar-refractivity contribution in [3.05, 3.63) is 34.8 Å². The van der Waals surface area contributed by atoms with Crippen LogP contribution in [0.4, 0.5) is 4.79 Å². The molecule has 1 saturated heterocycles. The number of benzene rings is 1. The van der Waals surface area contributed by atoms with Crippen molar-refractivity contribution >= 4 is 17.4 Å². The van der Waals surface area contributed by atoms with Crippen LogP contribution in [-0.4, -0.2) is 53.1 Å². The largest absolute Gasteiger partial charge is 0.494 e. The van der Waals surface area contributed by atoms with E-state index in [1.807, 2.05) is 12.1 Å². The number of carbonyl (C=O) groups is 1. The summed E-state index contributed by atoms with van der Waals surface area (Å²) in [7, 11) is 0. The number of nitrogens with zero attached hydrogens (tertiary/aromatic N) is 3. The lowest BCUT2D eigenvalue weighted by molar-refractivity contribution is 0.202. The van der Waals surface area contributed by atoms with E-state index >= 15 is 0 Å². The van der Waals surface area contributed by atoms with Crippen molar-refractivity contribution in [1.29, 1.82) is 0 Å². The molecule has 0 radical (unpaired) electrons. The number of rotatable bonds is 6. The second-order valence-electron chi connectivity index (χ2n) is 7.65. The Morgan fingerprint density at radius 3 is 2.86 bits per heavy atom. The molecule has 0 aliphatic carbocycles. The van der Waals surface area contributed by atoms with Gasteiger partial charge in [0.25, 0.3) is 0 Å². The zero-order chi connectivity index (χ0) is 19.5. The molecule has 0 spiro atoms. The highest BCUT2D eigenvalue weighted by atomic mass is 32.1. The number of amides is 2. The van der Waals surface area contributed by atoms with Crippen LogP contribution in [0.5, 0.6) is 5.75 Å². The van der Waals surface area contributed by atoms with Crippen molar-refractivity contribution in [1.82, 2.24) is 14.8 Å². The van der Waals surface area contributed by atoms with Gasteiger partial charge in [0, 0.05) is 36.0 Å². The molecule has 1 unspecified atom stereocenters. The second-order valence-corrected chi connectivity index (χ2v) is 8.74. The first-order chi connectivity index (χ1) is 13.6. The Kier molecular flexibility index (Phi) is 5.82. The maximum absolute atomic E-state index is 11.4. The Morgan fingerprint density at radius 1 is 1.32 bits per heavy atom. The molecular formula is C21H28N4O2S. The summed E-state index contributed by atoms with van der Waals surface area (Å²) in [5.74, 6) is 0.902. The molecule has 7 heteroatoms. The first-order valence-electron chi connectivity index (χ1n) is 10.1. The van der Waals surface area contributed by atoms with Gasteiger partial charge >= 0.3 is 6.03 Å². The van der Waals surface area contributed by atoms with Gasteiger partial charge in [-0.25, -0.2) is 9.78 Å². The number of hydrogen-bond acceptors (Lipinski definition) is 5. The summed E-state index contributed by atoms with van der Waals surface area (Å²) in [5, 5.41) is 0.992. The van der Waals surface area contributed by atoms with Crippen molar-refractivity contribution in [3.63, 3.8) is 0 Å². The molecule has 2 amide bonds. The number of fused-ring (bicyclic) bond motifs is 1. The highest BCUT2D eigenvalue weighted by Crippen LogP contribution is 2.32. The molecule has 1 fully saturated rings. The number of nitrogens with two attached hydrogens (primary N) is 1. The minimum atomic E-state index is -0.360. The predicted octanol–water partition coefficient (Wildman–Crippen LogP) is 3.50. The summed E-state index contributed by atoms with van der Waals surface area (Å²) in [4.78, 5) is 21.5. The molecular weight excluding hydrogens is 372 g/mol. The fourth-order valence-corrected chi connectivity index (χ4v) is 5.11. The minimum Gasteiger partial charge on any atom is -0.494 e. The SMILES string of the molecule is CC1CCCN1CCCOc1ccc(-c2nc3c(s2)CN(C(N)=O)CC3)cc1. The lowest BCUT2D eigenvalue weighted by Crippen LogP contribution is -2.39. The Morgan fingerprint density at radius 2 is 2.14 bits per heavy atom. The zero-order valence-corrected chi connectivity index (χ0v) is 17.2. The van der Waals surface area contributed by atoms with Crippen LogP contribution in [0, 0.1) is 0 Å². The van der Waals surface area contributed by atoms with Gasteiger partial charge in [-0.3, -0.25) is 0 Å². The maximum atomic E-state index is 11.4. The Bertz CT molecular complexity index is 820. The van der Waals surface area contributed by atoms with Gasteiger partial charge in [0.2, 0.25) is 0 Å². The lowest BCUT2D eigenvalue weighted by Gasteiger charge is -2.23. The summed E-state index contributed by atoms with van der Waals surface area (Å²) >= 11 is 1.64. The quantitative estimate of drug-likeness (QED) is 0.754. The number of aromatic nitrogens is 1. The van der Waals surface area contributed by atoms with Gasteiger partial charge in [-0.1, -0.05) is 0 Å². The van der Waals surface area contributed by atoms with Crippen molar-refractivity contribution in [2.45, 2.75) is 45.2 Å². The molecule has 3 heterocycles. The number of urea groups is 1. The van der Waals surface area contributed by atoms with Gasteiger partial charge in [0.1, 0.15) is 10.8 Å². The van der Waals surface area contributed by atoms with Gasteiger partial charge in [0.15, 0.2) is 0 Å². The monoisotopic (exact) mass is 400 g/mol. The molecule has 150 valence electrons. The third-order valence-electron chi connectivity index (χ3n) is 5.69. The van der Waals surface area contributed by atoms with Crippen LogP contribution in [0.2, 0.25) is 0 Å². The van der Waals surface area contributed by atoms with E-state index in [4.69, 9.17) is 15.5 Å². The van der Waals surface area contributed by atoms with E-state index in [0.717, 1.165) is 58.9 Å². The van der Waals surface area contributed by atoms with Crippen LogP contribution < -0.4 is 10.5 Å². The molecule has 0 bridgehead atoms. The lowest BCUT2D eigenvalue weighted by atomic mass is 10.2. The first kappa shape index (κ1) is 19.2. The summed E-state index contributed by atoms with van der Waals surface area (Å²) in [6.45, 7) is 6.62. The van der Waals surface area contributed by atoms with Crippen LogP contribution in [-0.2, 0) is 13.0 Å². The highest BCUT2D eigenvalue weighted by Gasteiger charge is 2.23. The summed E-state index contributed by atoms with van der Waals surface area (Å²) in [6, 6.07) is 8.52. The summed E-state index contributed by atoms with van der Waals surface area (Å²) in [5.41, 5.74) is 7.58. The first-order valence-corrected chi connectivity index (χ1v) is 10.9. The van der Waals surface area contributed by atoms with Gasteiger partial charge in [-0.2, -0.15) is 0 Å². The van der Waals surface area contributed by atoms with Gasteiger partial charge in [0.05, 0.1) is 18.8 Å². The van der Waals surface area contributed by atoms with E-state index in [0.29, 0.717) is 13.1 Å². The maximum Gasteiger partial charge on any atom is 0.315 e. The number of likely N-dealkylation sites (tertiary alicyclic amines) is 1. The summed E-state index contributed by atoms with van der Waals surface area (Å²) < 4.78 is 5.91. The van der Waals surface area contributed by atoms with Crippen molar-refractivity contribution in [3.8, 4) is 16.3 Å². The molecule has 1 atom stereocenters. The van der Waals surface area contributed by atoms with Gasteiger partial charge < -0.3 is 20.3 Å². The molecule has 4 rings (SSSR count).